The zero-order valence-electron chi connectivity index (χ0n) is 11.1. The molecule has 0 saturated heterocycles. The molecule has 0 fully saturated rings. The number of hydrazine groups is 1. The normalized spacial score (nSPS) is 11.1. The van der Waals surface area contributed by atoms with Crippen LogP contribution in [0.4, 0.5) is 4.79 Å². The standard InChI is InChI=1S/C10H24BN3O/c1-8-14(10(2,3)4)9(15)13(7)12-11(5)6/h12H,8H2,1-7H3. The minimum Gasteiger partial charge on any atom is -0.319 e. The second kappa shape index (κ2) is 5.40. The number of rotatable bonds is 3. The molecule has 0 unspecified atom stereocenters. The quantitative estimate of drug-likeness (QED) is 0.574. The summed E-state index contributed by atoms with van der Waals surface area (Å²) in [5.74, 6) is 0. The molecule has 0 atom stereocenters. The zero-order chi connectivity index (χ0) is 12.2. The number of urea groups is 1. The summed E-state index contributed by atoms with van der Waals surface area (Å²) in [6.07, 6.45) is 0. The number of nitrogens with zero attached hydrogens (tertiary/aromatic N) is 2. The fraction of sp³-hybridized carbons (Fsp3) is 0.900. The minimum absolute atomic E-state index is 0.0127. The fourth-order valence-corrected chi connectivity index (χ4v) is 1.52. The molecule has 0 radical (unpaired) electrons. The highest BCUT2D eigenvalue weighted by Gasteiger charge is 2.27. The van der Waals surface area contributed by atoms with Crippen LogP contribution < -0.4 is 5.34 Å². The van der Waals surface area contributed by atoms with Gasteiger partial charge in [-0.15, -0.1) is 0 Å². The summed E-state index contributed by atoms with van der Waals surface area (Å²) in [7, 11) is 1.76. The number of carbonyl (C=O) groups excluding carboxylic acids is 1. The first kappa shape index (κ1) is 14.3. The van der Waals surface area contributed by atoms with Crippen molar-refractivity contribution >= 4 is 12.9 Å². The average Bonchev–Trinajstić information content (AvgIpc) is 2.01. The van der Waals surface area contributed by atoms with E-state index in [0.29, 0.717) is 6.54 Å². The molecule has 88 valence electrons. The zero-order valence-corrected chi connectivity index (χ0v) is 11.1. The number of hydrogen-bond donors (Lipinski definition) is 1. The van der Waals surface area contributed by atoms with Crippen LogP contribution in [-0.4, -0.2) is 41.9 Å². The number of hydrogen-bond acceptors (Lipinski definition) is 2. The van der Waals surface area contributed by atoms with Gasteiger partial charge in [0.25, 0.3) is 0 Å². The van der Waals surface area contributed by atoms with Crippen molar-refractivity contribution in [3.63, 3.8) is 0 Å². The molecule has 0 saturated carbocycles. The number of amides is 2. The van der Waals surface area contributed by atoms with Gasteiger partial charge in [0.2, 0.25) is 6.85 Å². The van der Waals surface area contributed by atoms with Crippen LogP contribution in [0.3, 0.4) is 0 Å². The van der Waals surface area contributed by atoms with E-state index in [0.717, 1.165) is 0 Å². The van der Waals surface area contributed by atoms with Crippen molar-refractivity contribution in [2.45, 2.75) is 46.9 Å². The number of nitrogens with one attached hydrogen (secondary N) is 1. The molecule has 0 bridgehead atoms. The van der Waals surface area contributed by atoms with Crippen molar-refractivity contribution in [3.8, 4) is 0 Å². The lowest BCUT2D eigenvalue weighted by Crippen LogP contribution is -2.56. The van der Waals surface area contributed by atoms with Gasteiger partial charge in [0.15, 0.2) is 0 Å². The lowest BCUT2D eigenvalue weighted by atomic mass is 9.70. The van der Waals surface area contributed by atoms with Crippen LogP contribution in [0.25, 0.3) is 0 Å². The SMILES string of the molecule is CCN(C(=O)N(C)NB(C)C)C(C)(C)C. The van der Waals surface area contributed by atoms with Crippen molar-refractivity contribution in [3.05, 3.63) is 0 Å². The Hall–Kier alpha value is -0.705. The third kappa shape index (κ3) is 4.56. The van der Waals surface area contributed by atoms with Crippen molar-refractivity contribution in [1.29, 1.82) is 0 Å². The Morgan fingerprint density at radius 3 is 2.07 bits per heavy atom. The Bertz CT molecular complexity index is 213. The highest BCUT2D eigenvalue weighted by Crippen LogP contribution is 2.14. The average molecular weight is 213 g/mol. The van der Waals surface area contributed by atoms with Gasteiger partial charge in [-0.1, -0.05) is 13.6 Å². The van der Waals surface area contributed by atoms with Crippen LogP contribution >= 0.6 is 0 Å². The van der Waals surface area contributed by atoms with Crippen LogP contribution in [0.5, 0.6) is 0 Å². The first-order valence-electron chi connectivity index (χ1n) is 5.51. The molecule has 0 spiro atoms. The Morgan fingerprint density at radius 1 is 1.33 bits per heavy atom. The molecule has 2 amide bonds. The monoisotopic (exact) mass is 213 g/mol. The van der Waals surface area contributed by atoms with Crippen molar-refractivity contribution in [1.82, 2.24) is 15.2 Å². The van der Waals surface area contributed by atoms with E-state index in [-0.39, 0.29) is 18.4 Å². The Balaban J connectivity index is 4.52. The summed E-state index contributed by atoms with van der Waals surface area (Å²) in [4.78, 5) is 13.9. The Morgan fingerprint density at radius 2 is 1.80 bits per heavy atom. The molecule has 15 heavy (non-hydrogen) atoms. The molecule has 0 aromatic carbocycles. The summed E-state index contributed by atoms with van der Waals surface area (Å²) < 4.78 is 0. The minimum atomic E-state index is -0.140. The maximum atomic E-state index is 12.0. The van der Waals surface area contributed by atoms with Gasteiger partial charge < -0.3 is 4.90 Å². The number of carbonyl (C=O) groups is 1. The van der Waals surface area contributed by atoms with Crippen LogP contribution in [0, 0.1) is 0 Å². The molecule has 0 aromatic rings. The van der Waals surface area contributed by atoms with Gasteiger partial charge in [-0.05, 0) is 27.7 Å². The van der Waals surface area contributed by atoms with Crippen molar-refractivity contribution < 1.29 is 4.79 Å². The third-order valence-corrected chi connectivity index (χ3v) is 2.10. The molecule has 0 aliphatic heterocycles. The van der Waals surface area contributed by atoms with Gasteiger partial charge in [0, 0.05) is 19.1 Å². The van der Waals surface area contributed by atoms with Gasteiger partial charge in [-0.3, -0.25) is 10.3 Å². The van der Waals surface area contributed by atoms with Crippen LogP contribution in [0.15, 0.2) is 0 Å². The second-order valence-corrected chi connectivity index (χ2v) is 5.04. The summed E-state index contributed by atoms with van der Waals surface area (Å²) in [6, 6.07) is 0.0127. The first-order chi connectivity index (χ1) is 6.70. The lowest BCUT2D eigenvalue weighted by molar-refractivity contribution is 0.114. The summed E-state index contributed by atoms with van der Waals surface area (Å²) >= 11 is 0. The van der Waals surface area contributed by atoms with Gasteiger partial charge in [-0.2, -0.15) is 0 Å². The largest absolute Gasteiger partial charge is 0.333 e. The molecule has 1 N–H and O–H groups in total. The van der Waals surface area contributed by atoms with E-state index in [9.17, 15) is 4.79 Å². The van der Waals surface area contributed by atoms with E-state index >= 15 is 0 Å². The molecule has 5 heteroatoms. The summed E-state index contributed by atoms with van der Waals surface area (Å²) in [5, 5.41) is 4.63. The van der Waals surface area contributed by atoms with Crippen LogP contribution in [0.1, 0.15) is 27.7 Å². The van der Waals surface area contributed by atoms with Gasteiger partial charge >= 0.3 is 6.03 Å². The van der Waals surface area contributed by atoms with E-state index < -0.39 is 0 Å². The molecule has 0 aliphatic carbocycles. The Kier molecular flexibility index (Phi) is 5.14. The maximum absolute atomic E-state index is 12.0. The fourth-order valence-electron chi connectivity index (χ4n) is 1.52. The lowest BCUT2D eigenvalue weighted by Gasteiger charge is -2.38. The maximum Gasteiger partial charge on any atom is 0.333 e. The van der Waals surface area contributed by atoms with E-state index in [4.69, 9.17) is 0 Å². The van der Waals surface area contributed by atoms with Gasteiger partial charge in [0.1, 0.15) is 0 Å². The summed E-state index contributed by atoms with van der Waals surface area (Å²) in [5.41, 5.74) is -0.140. The predicted molar refractivity (Wildman–Crippen MR) is 65.9 cm³/mol. The topological polar surface area (TPSA) is 35.6 Å². The van der Waals surface area contributed by atoms with Crippen molar-refractivity contribution in [2.75, 3.05) is 13.6 Å². The highest BCUT2D eigenvalue weighted by atomic mass is 16.2. The highest BCUT2D eigenvalue weighted by molar-refractivity contribution is 6.52. The van der Waals surface area contributed by atoms with Crippen LogP contribution in [0.2, 0.25) is 13.6 Å². The van der Waals surface area contributed by atoms with E-state index in [1.165, 1.54) is 0 Å². The van der Waals surface area contributed by atoms with E-state index in [1.54, 1.807) is 12.1 Å². The predicted octanol–water partition coefficient (Wildman–Crippen LogP) is 1.91. The molecular formula is C10H24BN3O. The van der Waals surface area contributed by atoms with E-state index in [1.807, 2.05) is 46.2 Å². The van der Waals surface area contributed by atoms with Gasteiger partial charge in [0.05, 0.1) is 0 Å². The van der Waals surface area contributed by atoms with Crippen LogP contribution in [-0.2, 0) is 0 Å². The molecule has 0 rings (SSSR count). The third-order valence-electron chi connectivity index (χ3n) is 2.10. The molecule has 0 aliphatic rings. The molecule has 0 aromatic heterocycles. The van der Waals surface area contributed by atoms with Crippen molar-refractivity contribution in [2.24, 2.45) is 0 Å². The Labute approximate surface area is 94.1 Å². The molecule has 0 heterocycles. The van der Waals surface area contributed by atoms with E-state index in [2.05, 4.69) is 5.34 Å². The first-order valence-corrected chi connectivity index (χ1v) is 5.51. The molecular weight excluding hydrogens is 189 g/mol. The van der Waals surface area contributed by atoms with Gasteiger partial charge in [-0.25, -0.2) is 4.79 Å². The summed E-state index contributed by atoms with van der Waals surface area (Å²) in [6.45, 7) is 13.1. The molecule has 4 nitrogen and oxygen atoms in total. The smallest absolute Gasteiger partial charge is 0.319 e. The second-order valence-electron chi connectivity index (χ2n) is 5.04.